The van der Waals surface area contributed by atoms with Crippen molar-refractivity contribution in [2.45, 2.75) is 59.2 Å². The Morgan fingerprint density at radius 1 is 1.42 bits per heavy atom. The van der Waals surface area contributed by atoms with E-state index in [2.05, 4.69) is 36.5 Å². The fourth-order valence-corrected chi connectivity index (χ4v) is 1.63. The third-order valence-corrected chi connectivity index (χ3v) is 3.05. The van der Waals surface area contributed by atoms with Crippen LogP contribution in [-0.4, -0.2) is 28.3 Å². The van der Waals surface area contributed by atoms with E-state index in [1.54, 1.807) is 0 Å². The van der Waals surface area contributed by atoms with Crippen molar-refractivity contribution in [3.05, 3.63) is 18.0 Å². The minimum Gasteiger partial charge on any atom is -0.354 e. The summed E-state index contributed by atoms with van der Waals surface area (Å²) >= 11 is 0. The smallest absolute Gasteiger partial charge is 0.221 e. The van der Waals surface area contributed by atoms with Gasteiger partial charge in [0, 0.05) is 37.8 Å². The van der Waals surface area contributed by atoms with E-state index in [9.17, 15) is 4.79 Å². The summed E-state index contributed by atoms with van der Waals surface area (Å²) in [6, 6.07) is 2.65. The second-order valence-electron chi connectivity index (χ2n) is 5.18. The number of carbonyl (C=O) groups is 1. The molecule has 0 saturated heterocycles. The molecule has 0 fully saturated rings. The summed E-state index contributed by atoms with van der Waals surface area (Å²) in [6.07, 6.45) is 3.46. The summed E-state index contributed by atoms with van der Waals surface area (Å²) in [5, 5.41) is 10.6. The zero-order chi connectivity index (χ0) is 14.3. The Labute approximate surface area is 115 Å². The molecule has 1 amide bonds. The minimum atomic E-state index is 0.106. The van der Waals surface area contributed by atoms with Crippen molar-refractivity contribution in [2.24, 2.45) is 0 Å². The molecule has 0 saturated carbocycles. The van der Waals surface area contributed by atoms with Crippen molar-refractivity contribution in [1.82, 2.24) is 20.4 Å². The first-order valence-corrected chi connectivity index (χ1v) is 7.07. The van der Waals surface area contributed by atoms with Crippen LogP contribution >= 0.6 is 0 Å². The molecule has 0 aliphatic heterocycles. The van der Waals surface area contributed by atoms with E-state index >= 15 is 0 Å². The van der Waals surface area contributed by atoms with Gasteiger partial charge in [0.25, 0.3) is 0 Å². The molecule has 0 aliphatic rings. The van der Waals surface area contributed by atoms with Gasteiger partial charge in [-0.3, -0.25) is 9.48 Å². The van der Waals surface area contributed by atoms with Crippen LogP contribution in [-0.2, 0) is 11.3 Å². The molecule has 0 radical (unpaired) electrons. The predicted molar refractivity (Wildman–Crippen MR) is 76.8 cm³/mol. The van der Waals surface area contributed by atoms with Crippen molar-refractivity contribution < 1.29 is 4.79 Å². The molecule has 1 unspecified atom stereocenters. The predicted octanol–water partition coefficient (Wildman–Crippen LogP) is 1.86. The maximum Gasteiger partial charge on any atom is 0.221 e. The van der Waals surface area contributed by atoms with Gasteiger partial charge in [-0.15, -0.1) is 0 Å². The summed E-state index contributed by atoms with van der Waals surface area (Å²) in [4.78, 5) is 11.5. The quantitative estimate of drug-likeness (QED) is 0.706. The second-order valence-corrected chi connectivity index (χ2v) is 5.18. The fourth-order valence-electron chi connectivity index (χ4n) is 1.63. The molecule has 1 aromatic rings. The first-order chi connectivity index (χ1) is 9.02. The highest BCUT2D eigenvalue weighted by molar-refractivity contribution is 5.76. The maximum atomic E-state index is 11.5. The lowest BCUT2D eigenvalue weighted by Gasteiger charge is -2.11. The first-order valence-electron chi connectivity index (χ1n) is 7.07. The molecule has 5 nitrogen and oxygen atoms in total. The highest BCUT2D eigenvalue weighted by Gasteiger charge is 2.05. The van der Waals surface area contributed by atoms with Gasteiger partial charge < -0.3 is 10.6 Å². The summed E-state index contributed by atoms with van der Waals surface area (Å²) in [5.74, 6) is 0.106. The van der Waals surface area contributed by atoms with Crippen LogP contribution in [0.1, 0.15) is 52.3 Å². The lowest BCUT2D eigenvalue weighted by molar-refractivity contribution is -0.121. The summed E-state index contributed by atoms with van der Waals surface area (Å²) in [6.45, 7) is 9.66. The third-order valence-electron chi connectivity index (χ3n) is 3.05. The zero-order valence-electron chi connectivity index (χ0n) is 12.4. The van der Waals surface area contributed by atoms with Crippen LogP contribution in [0.3, 0.4) is 0 Å². The second kappa shape index (κ2) is 7.94. The van der Waals surface area contributed by atoms with Gasteiger partial charge in [-0.25, -0.2) is 0 Å². The van der Waals surface area contributed by atoms with E-state index in [0.717, 1.165) is 12.1 Å². The van der Waals surface area contributed by atoms with Crippen LogP contribution in [0.4, 0.5) is 0 Å². The number of aromatic nitrogens is 2. The lowest BCUT2D eigenvalue weighted by Crippen LogP contribution is -2.33. The molecule has 0 spiro atoms. The maximum absolute atomic E-state index is 11.5. The molecule has 1 rings (SSSR count). The highest BCUT2D eigenvalue weighted by Crippen LogP contribution is 2.03. The van der Waals surface area contributed by atoms with E-state index in [0.29, 0.717) is 25.6 Å². The minimum absolute atomic E-state index is 0.106. The average molecular weight is 266 g/mol. The number of carbonyl (C=O) groups excluding carboxylic acids is 1. The first kappa shape index (κ1) is 15.7. The van der Waals surface area contributed by atoms with Gasteiger partial charge in [0.1, 0.15) is 0 Å². The summed E-state index contributed by atoms with van der Waals surface area (Å²) in [7, 11) is 0. The molecule has 108 valence electrons. The molecule has 19 heavy (non-hydrogen) atoms. The Bertz CT molecular complexity index is 387. The highest BCUT2D eigenvalue weighted by atomic mass is 16.1. The van der Waals surface area contributed by atoms with Crippen LogP contribution < -0.4 is 10.6 Å². The molecule has 1 heterocycles. The van der Waals surface area contributed by atoms with E-state index in [1.807, 2.05) is 23.9 Å². The Kier molecular flexibility index (Phi) is 6.56. The Balaban J connectivity index is 2.18. The molecule has 5 heteroatoms. The average Bonchev–Trinajstić information content (AvgIpc) is 2.83. The van der Waals surface area contributed by atoms with Crippen molar-refractivity contribution >= 4 is 5.91 Å². The van der Waals surface area contributed by atoms with Gasteiger partial charge in [-0.2, -0.15) is 5.10 Å². The van der Waals surface area contributed by atoms with Gasteiger partial charge in [-0.05, 0) is 33.3 Å². The standard InChI is InChI=1S/C14H26N4O/c1-5-12(4)16-14(19)6-8-15-10-13-7-9-18(17-13)11(2)3/h7,9,11-12,15H,5-6,8,10H2,1-4H3,(H,16,19). The zero-order valence-corrected chi connectivity index (χ0v) is 12.4. The van der Waals surface area contributed by atoms with E-state index in [1.165, 1.54) is 0 Å². The molecule has 2 N–H and O–H groups in total. The van der Waals surface area contributed by atoms with Gasteiger partial charge in [0.05, 0.1) is 5.69 Å². The van der Waals surface area contributed by atoms with Crippen molar-refractivity contribution in [2.75, 3.05) is 6.54 Å². The molecule has 1 aromatic heterocycles. The molecular weight excluding hydrogens is 240 g/mol. The van der Waals surface area contributed by atoms with Gasteiger partial charge in [0.2, 0.25) is 5.91 Å². The van der Waals surface area contributed by atoms with E-state index in [-0.39, 0.29) is 11.9 Å². The van der Waals surface area contributed by atoms with E-state index < -0.39 is 0 Å². The number of nitrogens with zero attached hydrogens (tertiary/aromatic N) is 2. The summed E-state index contributed by atoms with van der Waals surface area (Å²) in [5.41, 5.74) is 1.01. The SMILES string of the molecule is CCC(C)NC(=O)CCNCc1ccn(C(C)C)n1. The van der Waals surface area contributed by atoms with Crippen LogP contribution in [0, 0.1) is 0 Å². The molecule has 0 aromatic carbocycles. The topological polar surface area (TPSA) is 59.0 Å². The third kappa shape index (κ3) is 5.87. The van der Waals surface area contributed by atoms with E-state index in [4.69, 9.17) is 0 Å². The number of rotatable bonds is 8. The van der Waals surface area contributed by atoms with Crippen LogP contribution in [0.2, 0.25) is 0 Å². The van der Waals surface area contributed by atoms with Gasteiger partial charge in [0.15, 0.2) is 0 Å². The van der Waals surface area contributed by atoms with Gasteiger partial charge >= 0.3 is 0 Å². The Hall–Kier alpha value is -1.36. The van der Waals surface area contributed by atoms with Crippen LogP contribution in [0.25, 0.3) is 0 Å². The number of hydrogen-bond donors (Lipinski definition) is 2. The normalized spacial score (nSPS) is 12.7. The molecule has 0 aliphatic carbocycles. The monoisotopic (exact) mass is 266 g/mol. The lowest BCUT2D eigenvalue weighted by atomic mass is 10.2. The largest absolute Gasteiger partial charge is 0.354 e. The number of amides is 1. The van der Waals surface area contributed by atoms with Gasteiger partial charge in [-0.1, -0.05) is 6.92 Å². The molecule has 0 bridgehead atoms. The van der Waals surface area contributed by atoms with Crippen LogP contribution in [0.15, 0.2) is 12.3 Å². The molecular formula is C14H26N4O. The Morgan fingerprint density at radius 2 is 2.16 bits per heavy atom. The van der Waals surface area contributed by atoms with Crippen LogP contribution in [0.5, 0.6) is 0 Å². The number of hydrogen-bond acceptors (Lipinski definition) is 3. The summed E-state index contributed by atoms with van der Waals surface area (Å²) < 4.78 is 1.94. The Morgan fingerprint density at radius 3 is 2.74 bits per heavy atom. The number of nitrogens with one attached hydrogen (secondary N) is 2. The van der Waals surface area contributed by atoms with Crippen molar-refractivity contribution in [3.8, 4) is 0 Å². The van der Waals surface area contributed by atoms with Crippen molar-refractivity contribution in [1.29, 1.82) is 0 Å². The fraction of sp³-hybridized carbons (Fsp3) is 0.714. The van der Waals surface area contributed by atoms with Crippen molar-refractivity contribution in [3.63, 3.8) is 0 Å². The molecule has 1 atom stereocenters.